The molecule has 0 saturated carbocycles. The average Bonchev–Trinajstić information content (AvgIpc) is 1.99. The van der Waals surface area contributed by atoms with E-state index >= 15 is 0 Å². The van der Waals surface area contributed by atoms with Crippen molar-refractivity contribution in [1.82, 2.24) is 0 Å². The maximum atomic E-state index is 2.51. The van der Waals surface area contributed by atoms with Crippen LogP contribution in [0.4, 0.5) is 0 Å². The molecule has 1 aromatic rings. The summed E-state index contributed by atoms with van der Waals surface area (Å²) in [5, 5.41) is 0. The van der Waals surface area contributed by atoms with Crippen molar-refractivity contribution in [3.8, 4) is 0 Å². The monoisotopic (exact) mass is 220 g/mol. The number of benzene rings is 1. The molecule has 15 heavy (non-hydrogen) atoms. The molecule has 0 saturated heterocycles. The molecule has 0 bridgehead atoms. The van der Waals surface area contributed by atoms with Crippen molar-refractivity contribution in [2.24, 2.45) is 5.41 Å². The van der Waals surface area contributed by atoms with Crippen LogP contribution in [-0.2, 0) is 6.04 Å². The van der Waals surface area contributed by atoms with E-state index < -0.39 is 8.07 Å². The van der Waals surface area contributed by atoms with E-state index in [1.54, 1.807) is 0 Å². The summed E-state index contributed by atoms with van der Waals surface area (Å²) in [6.07, 6.45) is 0. The second-order valence-corrected chi connectivity index (χ2v) is 11.6. The van der Waals surface area contributed by atoms with Gasteiger partial charge in [0, 0.05) is 0 Å². The molecule has 0 spiro atoms. The Labute approximate surface area is 95.7 Å². The van der Waals surface area contributed by atoms with E-state index in [2.05, 4.69) is 64.2 Å². The van der Waals surface area contributed by atoms with E-state index in [9.17, 15) is 0 Å². The highest BCUT2D eigenvalue weighted by Gasteiger charge is 2.27. The van der Waals surface area contributed by atoms with Crippen molar-refractivity contribution < 1.29 is 0 Å². The van der Waals surface area contributed by atoms with Gasteiger partial charge in [-0.05, 0) is 11.5 Å². The Morgan fingerprint density at radius 2 is 1.53 bits per heavy atom. The molecule has 0 radical (unpaired) electrons. The first-order valence-corrected chi connectivity index (χ1v) is 9.24. The Hall–Kier alpha value is -0.563. The lowest BCUT2D eigenvalue weighted by Gasteiger charge is -2.30. The Morgan fingerprint density at radius 1 is 1.00 bits per heavy atom. The summed E-state index contributed by atoms with van der Waals surface area (Å²) in [4.78, 5) is 0. The fourth-order valence-corrected chi connectivity index (χ4v) is 6.98. The zero-order chi connectivity index (χ0) is 11.5. The normalized spacial score (nSPS) is 12.9. The minimum Gasteiger partial charge on any atom is -0.0691 e. The quantitative estimate of drug-likeness (QED) is 0.657. The van der Waals surface area contributed by atoms with Gasteiger partial charge in [-0.1, -0.05) is 75.8 Å². The fraction of sp³-hybridized carbons (Fsp3) is 0.571. The van der Waals surface area contributed by atoms with E-state index in [0.717, 1.165) is 0 Å². The summed E-state index contributed by atoms with van der Waals surface area (Å²) in [7, 11) is -1.08. The highest BCUT2D eigenvalue weighted by atomic mass is 28.3. The van der Waals surface area contributed by atoms with Gasteiger partial charge in [0.25, 0.3) is 0 Å². The van der Waals surface area contributed by atoms with Crippen LogP contribution >= 0.6 is 0 Å². The predicted molar refractivity (Wildman–Crippen MR) is 71.9 cm³/mol. The maximum Gasteiger partial charge on any atom is 0.0522 e. The van der Waals surface area contributed by atoms with E-state index in [1.807, 2.05) is 0 Å². The third kappa shape index (κ3) is 5.17. The van der Waals surface area contributed by atoms with E-state index in [1.165, 1.54) is 17.7 Å². The van der Waals surface area contributed by atoms with Crippen molar-refractivity contribution in [3.05, 3.63) is 35.9 Å². The van der Waals surface area contributed by atoms with Gasteiger partial charge in [0.2, 0.25) is 0 Å². The second kappa shape index (κ2) is 4.52. The molecular formula is C14H24Si. The molecule has 0 aliphatic heterocycles. The number of hydrogen-bond acceptors (Lipinski definition) is 0. The van der Waals surface area contributed by atoms with Crippen LogP contribution < -0.4 is 0 Å². The van der Waals surface area contributed by atoms with Crippen molar-refractivity contribution in [1.29, 1.82) is 0 Å². The Kier molecular flexibility index (Phi) is 3.77. The van der Waals surface area contributed by atoms with Crippen LogP contribution in [0, 0.1) is 5.41 Å². The topological polar surface area (TPSA) is 0 Å². The van der Waals surface area contributed by atoms with Crippen molar-refractivity contribution in [2.75, 3.05) is 0 Å². The van der Waals surface area contributed by atoms with Gasteiger partial charge in [0.15, 0.2) is 0 Å². The largest absolute Gasteiger partial charge is 0.0691 e. The molecule has 0 unspecified atom stereocenters. The molecule has 0 aliphatic rings. The highest BCUT2D eigenvalue weighted by molar-refractivity contribution is 6.77. The van der Waals surface area contributed by atoms with Crippen LogP contribution in [0.2, 0.25) is 19.1 Å². The van der Waals surface area contributed by atoms with Crippen LogP contribution in [-0.4, -0.2) is 8.07 Å². The van der Waals surface area contributed by atoms with Gasteiger partial charge >= 0.3 is 0 Å². The van der Waals surface area contributed by atoms with Crippen molar-refractivity contribution >= 4 is 8.07 Å². The number of hydrogen-bond donors (Lipinski definition) is 0. The van der Waals surface area contributed by atoms with Gasteiger partial charge < -0.3 is 0 Å². The molecular weight excluding hydrogens is 196 g/mol. The molecule has 1 rings (SSSR count). The Balaban J connectivity index is 2.65. The van der Waals surface area contributed by atoms with Gasteiger partial charge in [0.05, 0.1) is 8.07 Å². The van der Waals surface area contributed by atoms with E-state index in [4.69, 9.17) is 0 Å². The van der Waals surface area contributed by atoms with E-state index in [-0.39, 0.29) is 0 Å². The molecule has 0 nitrogen and oxygen atoms in total. The minimum atomic E-state index is -1.08. The summed E-state index contributed by atoms with van der Waals surface area (Å²) in [5.41, 5.74) is 1.99. The van der Waals surface area contributed by atoms with Crippen LogP contribution in [0.1, 0.15) is 26.3 Å². The second-order valence-electron chi connectivity index (χ2n) is 6.56. The Bertz CT molecular complexity index is 293. The van der Waals surface area contributed by atoms with Crippen molar-refractivity contribution in [3.63, 3.8) is 0 Å². The lowest BCUT2D eigenvalue weighted by atomic mass is 10.0. The first-order valence-electron chi connectivity index (χ1n) is 5.82. The third-order valence-corrected chi connectivity index (χ3v) is 5.92. The molecule has 0 heterocycles. The summed E-state index contributed by atoms with van der Waals surface area (Å²) in [6, 6.07) is 13.6. The van der Waals surface area contributed by atoms with Gasteiger partial charge in [-0.2, -0.15) is 0 Å². The zero-order valence-electron chi connectivity index (χ0n) is 10.8. The molecule has 0 aliphatic carbocycles. The van der Waals surface area contributed by atoms with Gasteiger partial charge in [-0.3, -0.25) is 0 Å². The van der Waals surface area contributed by atoms with Gasteiger partial charge in [0.1, 0.15) is 0 Å². The average molecular weight is 220 g/mol. The lowest BCUT2D eigenvalue weighted by Crippen LogP contribution is -2.34. The molecule has 0 atom stereocenters. The summed E-state index contributed by atoms with van der Waals surface area (Å²) in [5.74, 6) is 0. The summed E-state index contributed by atoms with van der Waals surface area (Å²) < 4.78 is 0. The molecule has 1 aromatic carbocycles. The lowest BCUT2D eigenvalue weighted by molar-refractivity contribution is 0.460. The molecule has 0 fully saturated rings. The standard InChI is InChI=1S/C14H24Si/c1-14(2,3)12-15(4,5)11-13-9-7-6-8-10-13/h6-10H,11-12H2,1-5H3. The highest BCUT2D eigenvalue weighted by Crippen LogP contribution is 2.29. The maximum absolute atomic E-state index is 2.51. The van der Waals surface area contributed by atoms with Crippen LogP contribution in [0.25, 0.3) is 0 Å². The Morgan fingerprint density at radius 3 is 2.00 bits per heavy atom. The fourth-order valence-electron chi connectivity index (χ4n) is 2.65. The zero-order valence-corrected chi connectivity index (χ0v) is 11.8. The van der Waals surface area contributed by atoms with Gasteiger partial charge in [-0.15, -0.1) is 0 Å². The predicted octanol–water partition coefficient (Wildman–Crippen LogP) is 4.52. The van der Waals surface area contributed by atoms with Gasteiger partial charge in [-0.25, -0.2) is 0 Å². The minimum absolute atomic E-state index is 0.477. The molecule has 84 valence electrons. The molecule has 1 heteroatoms. The first kappa shape index (κ1) is 12.5. The summed E-state index contributed by atoms with van der Waals surface area (Å²) >= 11 is 0. The van der Waals surface area contributed by atoms with Crippen molar-refractivity contribution in [2.45, 2.75) is 46.0 Å². The third-order valence-electron chi connectivity index (χ3n) is 2.53. The first-order chi connectivity index (χ1) is 6.79. The van der Waals surface area contributed by atoms with E-state index in [0.29, 0.717) is 5.41 Å². The molecule has 0 amide bonds. The SMILES string of the molecule is CC(C)(C)C[Si](C)(C)Cc1ccccc1. The van der Waals surface area contributed by atoms with Crippen LogP contribution in [0.15, 0.2) is 30.3 Å². The smallest absolute Gasteiger partial charge is 0.0522 e. The molecule has 0 aromatic heterocycles. The summed E-state index contributed by atoms with van der Waals surface area (Å²) in [6.45, 7) is 12.1. The van der Waals surface area contributed by atoms with Crippen LogP contribution in [0.5, 0.6) is 0 Å². The van der Waals surface area contributed by atoms with Crippen LogP contribution in [0.3, 0.4) is 0 Å². The molecule has 0 N–H and O–H groups in total. The number of rotatable bonds is 3.